The van der Waals surface area contributed by atoms with Gasteiger partial charge in [0.1, 0.15) is 11.6 Å². The van der Waals surface area contributed by atoms with E-state index in [1.165, 1.54) is 25.8 Å². The molecule has 2 N–H and O–H groups in total. The van der Waals surface area contributed by atoms with Gasteiger partial charge in [0.2, 0.25) is 11.8 Å². The molecule has 1 aliphatic carbocycles. The zero-order valence-electron chi connectivity index (χ0n) is 14.9. The molecule has 0 atom stereocenters. The highest BCUT2D eigenvalue weighted by Crippen LogP contribution is 2.38. The fraction of sp³-hybridized carbons (Fsp3) is 0.412. The minimum Gasteiger partial charge on any atom is -0.495 e. The van der Waals surface area contributed by atoms with E-state index in [0.29, 0.717) is 23.2 Å². The Morgan fingerprint density at radius 2 is 2.08 bits per heavy atom. The Balaban J connectivity index is 1.65. The summed E-state index contributed by atoms with van der Waals surface area (Å²) in [7, 11) is 1.53. The van der Waals surface area contributed by atoms with Gasteiger partial charge in [-0.1, -0.05) is 11.8 Å². The molecule has 0 bridgehead atoms. The van der Waals surface area contributed by atoms with Crippen LogP contribution in [0.3, 0.4) is 0 Å². The molecule has 1 aliphatic rings. The number of ether oxygens (including phenoxy) is 1. The number of nitrogens with one attached hydrogen (secondary N) is 2. The molecule has 138 valence electrons. The van der Waals surface area contributed by atoms with Gasteiger partial charge in [-0.25, -0.2) is 0 Å². The first kappa shape index (κ1) is 18.2. The first-order chi connectivity index (χ1) is 12.5. The number of methoxy groups -OCH3 is 1. The van der Waals surface area contributed by atoms with E-state index in [9.17, 15) is 9.59 Å². The van der Waals surface area contributed by atoms with Gasteiger partial charge in [-0.15, -0.1) is 10.2 Å². The average Bonchev–Trinajstić information content (AvgIpc) is 3.35. The second-order valence-corrected chi connectivity index (χ2v) is 7.01. The highest BCUT2D eigenvalue weighted by Gasteiger charge is 2.28. The number of rotatable bonds is 7. The van der Waals surface area contributed by atoms with E-state index in [2.05, 4.69) is 25.4 Å². The fourth-order valence-electron chi connectivity index (χ4n) is 2.60. The summed E-state index contributed by atoms with van der Waals surface area (Å²) in [5.41, 5.74) is 1.09. The SMILES string of the molecule is COc1ccc(NC(C)=O)cc1NC(=O)CSc1nnc(C)n1C1CC1. The molecule has 0 saturated heterocycles. The third kappa shape index (κ3) is 4.34. The van der Waals surface area contributed by atoms with Crippen LogP contribution in [0.2, 0.25) is 0 Å². The summed E-state index contributed by atoms with van der Waals surface area (Å²) >= 11 is 1.36. The van der Waals surface area contributed by atoms with Crippen molar-refractivity contribution in [2.75, 3.05) is 23.5 Å². The zero-order valence-corrected chi connectivity index (χ0v) is 15.7. The molecule has 0 radical (unpaired) electrons. The fourth-order valence-corrected chi connectivity index (χ4v) is 3.46. The van der Waals surface area contributed by atoms with Gasteiger partial charge in [-0.05, 0) is 38.0 Å². The van der Waals surface area contributed by atoms with Crippen LogP contribution >= 0.6 is 11.8 Å². The summed E-state index contributed by atoms with van der Waals surface area (Å²) in [6, 6.07) is 5.54. The van der Waals surface area contributed by atoms with Gasteiger partial charge in [0.25, 0.3) is 0 Å². The number of nitrogens with zero attached hydrogens (tertiary/aromatic N) is 3. The summed E-state index contributed by atoms with van der Waals surface area (Å²) in [4.78, 5) is 23.6. The molecule has 8 nitrogen and oxygen atoms in total. The van der Waals surface area contributed by atoms with Crippen LogP contribution in [0.5, 0.6) is 5.75 Å². The van der Waals surface area contributed by atoms with Crippen molar-refractivity contribution in [3.63, 3.8) is 0 Å². The molecule has 0 unspecified atom stereocenters. The van der Waals surface area contributed by atoms with Crippen molar-refractivity contribution in [2.24, 2.45) is 0 Å². The standard InChI is InChI=1S/C17H21N5O3S/c1-10-20-21-17(22(10)13-5-6-13)26-9-16(24)19-14-8-12(18-11(2)23)4-7-15(14)25-3/h4,7-8,13H,5-6,9H2,1-3H3,(H,18,23)(H,19,24). The highest BCUT2D eigenvalue weighted by atomic mass is 32.2. The summed E-state index contributed by atoms with van der Waals surface area (Å²) in [5, 5.41) is 14.5. The van der Waals surface area contributed by atoms with Crippen molar-refractivity contribution in [2.45, 2.75) is 37.9 Å². The van der Waals surface area contributed by atoms with Crippen LogP contribution < -0.4 is 15.4 Å². The quantitative estimate of drug-likeness (QED) is 0.722. The highest BCUT2D eigenvalue weighted by molar-refractivity contribution is 7.99. The van der Waals surface area contributed by atoms with Crippen LogP contribution in [0.1, 0.15) is 31.6 Å². The molecule has 0 spiro atoms. The van der Waals surface area contributed by atoms with Crippen molar-refractivity contribution in [1.82, 2.24) is 14.8 Å². The molecule has 1 saturated carbocycles. The van der Waals surface area contributed by atoms with Crippen molar-refractivity contribution in [3.05, 3.63) is 24.0 Å². The largest absolute Gasteiger partial charge is 0.495 e. The van der Waals surface area contributed by atoms with Gasteiger partial charge in [0, 0.05) is 18.7 Å². The molecule has 2 aromatic rings. The van der Waals surface area contributed by atoms with Crippen molar-refractivity contribution in [1.29, 1.82) is 0 Å². The molecule has 2 amide bonds. The van der Waals surface area contributed by atoms with E-state index in [0.717, 1.165) is 23.8 Å². The van der Waals surface area contributed by atoms with Gasteiger partial charge >= 0.3 is 0 Å². The van der Waals surface area contributed by atoms with E-state index < -0.39 is 0 Å². The summed E-state index contributed by atoms with van der Waals surface area (Å²) in [6.45, 7) is 3.35. The minimum absolute atomic E-state index is 0.183. The molecule has 0 aliphatic heterocycles. The Morgan fingerprint density at radius 3 is 2.73 bits per heavy atom. The van der Waals surface area contributed by atoms with Crippen LogP contribution in [-0.4, -0.2) is 39.4 Å². The number of hydrogen-bond donors (Lipinski definition) is 2. The number of carbonyl (C=O) groups is 2. The van der Waals surface area contributed by atoms with Gasteiger partial charge in [0.05, 0.1) is 18.6 Å². The number of aromatic nitrogens is 3. The Morgan fingerprint density at radius 1 is 1.31 bits per heavy atom. The van der Waals surface area contributed by atoms with Gasteiger partial charge < -0.3 is 19.9 Å². The molecule has 26 heavy (non-hydrogen) atoms. The number of benzene rings is 1. The van der Waals surface area contributed by atoms with Crippen LogP contribution in [-0.2, 0) is 9.59 Å². The summed E-state index contributed by atoms with van der Waals surface area (Å²) in [5.74, 6) is 1.24. The molecule has 3 rings (SSSR count). The summed E-state index contributed by atoms with van der Waals surface area (Å²) in [6.07, 6.45) is 2.26. The molecular formula is C17H21N5O3S. The predicted molar refractivity (Wildman–Crippen MR) is 99.7 cm³/mol. The smallest absolute Gasteiger partial charge is 0.234 e. The lowest BCUT2D eigenvalue weighted by Crippen LogP contribution is -2.16. The first-order valence-corrected chi connectivity index (χ1v) is 9.26. The van der Waals surface area contributed by atoms with Crippen molar-refractivity contribution < 1.29 is 14.3 Å². The second-order valence-electron chi connectivity index (χ2n) is 6.06. The molecule has 1 aromatic carbocycles. The van der Waals surface area contributed by atoms with E-state index in [1.807, 2.05) is 6.92 Å². The van der Waals surface area contributed by atoms with Crippen molar-refractivity contribution in [3.8, 4) is 5.75 Å². The molecular weight excluding hydrogens is 354 g/mol. The van der Waals surface area contributed by atoms with Crippen LogP contribution in [0.4, 0.5) is 11.4 Å². The lowest BCUT2D eigenvalue weighted by atomic mass is 10.2. The maximum atomic E-state index is 12.4. The maximum absolute atomic E-state index is 12.4. The summed E-state index contributed by atoms with van der Waals surface area (Å²) < 4.78 is 7.36. The van der Waals surface area contributed by atoms with Crippen LogP contribution in [0.25, 0.3) is 0 Å². The Hall–Kier alpha value is -2.55. The third-order valence-electron chi connectivity index (χ3n) is 3.87. The topological polar surface area (TPSA) is 98.1 Å². The number of carbonyl (C=O) groups excluding carboxylic acids is 2. The van der Waals surface area contributed by atoms with E-state index in [-0.39, 0.29) is 17.6 Å². The molecule has 1 fully saturated rings. The lowest BCUT2D eigenvalue weighted by molar-refractivity contribution is -0.114. The monoisotopic (exact) mass is 375 g/mol. The van der Waals surface area contributed by atoms with Gasteiger partial charge in [0.15, 0.2) is 5.16 Å². The van der Waals surface area contributed by atoms with Crippen molar-refractivity contribution >= 4 is 35.0 Å². The van der Waals surface area contributed by atoms with E-state index in [1.54, 1.807) is 18.2 Å². The first-order valence-electron chi connectivity index (χ1n) is 8.27. The Bertz CT molecular complexity index is 832. The number of anilines is 2. The normalized spacial score (nSPS) is 13.3. The van der Waals surface area contributed by atoms with Crippen LogP contribution in [0.15, 0.2) is 23.4 Å². The molecule has 1 aromatic heterocycles. The number of amides is 2. The molecule has 1 heterocycles. The van der Waals surface area contributed by atoms with Gasteiger partial charge in [-0.2, -0.15) is 0 Å². The zero-order chi connectivity index (χ0) is 18.7. The lowest BCUT2D eigenvalue weighted by Gasteiger charge is -2.12. The third-order valence-corrected chi connectivity index (χ3v) is 4.82. The van der Waals surface area contributed by atoms with Gasteiger partial charge in [-0.3, -0.25) is 9.59 Å². The van der Waals surface area contributed by atoms with E-state index >= 15 is 0 Å². The average molecular weight is 375 g/mol. The second kappa shape index (κ2) is 7.77. The van der Waals surface area contributed by atoms with Crippen LogP contribution in [0, 0.1) is 6.92 Å². The maximum Gasteiger partial charge on any atom is 0.234 e. The number of thioether (sulfide) groups is 1. The predicted octanol–water partition coefficient (Wildman–Crippen LogP) is 2.62. The number of aryl methyl sites for hydroxylation is 1. The Kier molecular flexibility index (Phi) is 5.46. The molecule has 9 heteroatoms. The number of hydrogen-bond acceptors (Lipinski definition) is 6. The van der Waals surface area contributed by atoms with E-state index in [4.69, 9.17) is 4.74 Å². The minimum atomic E-state index is -0.184. The Labute approximate surface area is 155 Å².